The van der Waals surface area contributed by atoms with E-state index in [2.05, 4.69) is 5.32 Å². The number of hydrogen-bond acceptors (Lipinski definition) is 5. The van der Waals surface area contributed by atoms with Crippen molar-refractivity contribution >= 4 is 21.5 Å². The first-order chi connectivity index (χ1) is 10.4. The minimum atomic E-state index is -3.18. The van der Waals surface area contributed by atoms with Crippen molar-refractivity contribution in [3.63, 3.8) is 0 Å². The second-order valence-electron chi connectivity index (χ2n) is 5.31. The van der Waals surface area contributed by atoms with Gasteiger partial charge >= 0.3 is 0 Å². The third kappa shape index (κ3) is 4.38. The first-order valence-electron chi connectivity index (χ1n) is 7.02. The van der Waals surface area contributed by atoms with Gasteiger partial charge in [0.05, 0.1) is 23.7 Å². The average molecular weight is 325 g/mol. The molecule has 6 nitrogen and oxygen atoms in total. The number of benzene rings is 1. The number of rotatable bonds is 6. The Hall–Kier alpha value is -1.73. The molecule has 0 bridgehead atoms. The molecule has 22 heavy (non-hydrogen) atoms. The fourth-order valence-corrected chi connectivity index (χ4v) is 4.31. The van der Waals surface area contributed by atoms with Crippen LogP contribution in [0.15, 0.2) is 30.3 Å². The molecule has 1 fully saturated rings. The molecule has 1 aromatic carbocycles. The van der Waals surface area contributed by atoms with Gasteiger partial charge in [0.1, 0.15) is 0 Å². The normalized spacial score (nSPS) is 23.1. The van der Waals surface area contributed by atoms with E-state index in [0.29, 0.717) is 5.56 Å². The van der Waals surface area contributed by atoms with E-state index in [1.807, 2.05) is 6.07 Å². The van der Waals surface area contributed by atoms with Gasteiger partial charge in [-0.3, -0.25) is 9.59 Å². The van der Waals surface area contributed by atoms with Gasteiger partial charge in [-0.05, 0) is 0 Å². The number of hydrogen-bond donors (Lipinski definition) is 1. The molecule has 1 N–H and O–H groups in total. The summed E-state index contributed by atoms with van der Waals surface area (Å²) in [7, 11) is -1.76. The molecule has 0 aromatic heterocycles. The van der Waals surface area contributed by atoms with E-state index >= 15 is 0 Å². The zero-order chi connectivity index (χ0) is 16.2. The number of Topliss-reactive ketones (excluding diaryl/α,β-unsaturated/α-hetero) is 1. The summed E-state index contributed by atoms with van der Waals surface area (Å²) < 4.78 is 28.2. The minimum absolute atomic E-state index is 0.0285. The summed E-state index contributed by atoms with van der Waals surface area (Å²) in [5, 5.41) is 2.65. The van der Waals surface area contributed by atoms with Crippen molar-refractivity contribution in [2.75, 3.05) is 18.6 Å². The maximum atomic E-state index is 11.9. The molecule has 120 valence electrons. The molecular weight excluding hydrogens is 306 g/mol. The van der Waals surface area contributed by atoms with Gasteiger partial charge in [0, 0.05) is 25.5 Å². The van der Waals surface area contributed by atoms with Gasteiger partial charge in [-0.15, -0.1) is 0 Å². The summed E-state index contributed by atoms with van der Waals surface area (Å²) in [6.07, 6.45) is -0.410. The highest BCUT2D eigenvalue weighted by molar-refractivity contribution is 7.91. The van der Waals surface area contributed by atoms with E-state index in [1.54, 1.807) is 24.3 Å². The van der Waals surface area contributed by atoms with E-state index in [0.717, 1.165) is 0 Å². The molecule has 0 unspecified atom stereocenters. The van der Waals surface area contributed by atoms with E-state index in [4.69, 9.17) is 4.74 Å². The summed E-state index contributed by atoms with van der Waals surface area (Å²) in [4.78, 5) is 23.8. The maximum absolute atomic E-state index is 11.9. The Bertz CT molecular complexity index is 641. The Morgan fingerprint density at radius 3 is 2.50 bits per heavy atom. The molecule has 1 aromatic rings. The summed E-state index contributed by atoms with van der Waals surface area (Å²) >= 11 is 0. The summed E-state index contributed by atoms with van der Waals surface area (Å²) in [5.74, 6) is -0.659. The molecule has 0 saturated carbocycles. The maximum Gasteiger partial charge on any atom is 0.220 e. The first kappa shape index (κ1) is 16.6. The van der Waals surface area contributed by atoms with Crippen LogP contribution in [0.4, 0.5) is 0 Å². The zero-order valence-electron chi connectivity index (χ0n) is 12.3. The third-order valence-electron chi connectivity index (χ3n) is 3.62. The molecule has 0 radical (unpaired) electrons. The number of sulfone groups is 1. The predicted molar refractivity (Wildman–Crippen MR) is 81.4 cm³/mol. The second-order valence-corrected chi connectivity index (χ2v) is 7.47. The van der Waals surface area contributed by atoms with Crippen LogP contribution in [0.25, 0.3) is 0 Å². The molecule has 1 heterocycles. The zero-order valence-corrected chi connectivity index (χ0v) is 13.1. The molecule has 0 aliphatic carbocycles. The molecule has 1 saturated heterocycles. The Balaban J connectivity index is 1.84. The van der Waals surface area contributed by atoms with Crippen molar-refractivity contribution in [3.05, 3.63) is 35.9 Å². The Kier molecular flexibility index (Phi) is 5.31. The molecule has 2 atom stereocenters. The standard InChI is InChI=1S/C15H19NO5S/c1-21-14-10-22(19,20)9-12(14)16-15(18)8-7-13(17)11-5-3-2-4-6-11/h2-6,12,14H,7-10H2,1H3,(H,16,18)/t12-,14-/m1/s1. The fraction of sp³-hybridized carbons (Fsp3) is 0.467. The topological polar surface area (TPSA) is 89.5 Å². The van der Waals surface area contributed by atoms with Crippen LogP contribution in [-0.2, 0) is 19.4 Å². The van der Waals surface area contributed by atoms with Gasteiger partial charge in [-0.1, -0.05) is 30.3 Å². The van der Waals surface area contributed by atoms with Gasteiger partial charge in [0.2, 0.25) is 5.91 Å². The van der Waals surface area contributed by atoms with Crippen molar-refractivity contribution < 1.29 is 22.7 Å². The van der Waals surface area contributed by atoms with Crippen molar-refractivity contribution in [1.82, 2.24) is 5.32 Å². The summed E-state index contributed by atoms with van der Waals surface area (Å²) in [5.41, 5.74) is 0.563. The largest absolute Gasteiger partial charge is 0.378 e. The van der Waals surface area contributed by atoms with Crippen molar-refractivity contribution in [1.29, 1.82) is 0 Å². The Labute approximate surface area is 129 Å². The van der Waals surface area contributed by atoms with Gasteiger partial charge in [-0.2, -0.15) is 0 Å². The minimum Gasteiger partial charge on any atom is -0.378 e. The van der Waals surface area contributed by atoms with Gasteiger partial charge in [0.15, 0.2) is 15.6 Å². The lowest BCUT2D eigenvalue weighted by molar-refractivity contribution is -0.122. The van der Waals surface area contributed by atoms with E-state index in [1.165, 1.54) is 7.11 Å². The summed E-state index contributed by atoms with van der Waals surface area (Å²) in [6, 6.07) is 8.19. The van der Waals surface area contributed by atoms with Crippen LogP contribution in [0, 0.1) is 0 Å². The lowest BCUT2D eigenvalue weighted by Gasteiger charge is -2.17. The molecule has 1 amide bonds. The molecule has 0 spiro atoms. The highest BCUT2D eigenvalue weighted by atomic mass is 32.2. The van der Waals surface area contributed by atoms with E-state index < -0.39 is 22.0 Å². The number of ketones is 1. The van der Waals surface area contributed by atoms with Crippen LogP contribution >= 0.6 is 0 Å². The second kappa shape index (κ2) is 7.02. The van der Waals surface area contributed by atoms with Crippen LogP contribution < -0.4 is 5.32 Å². The van der Waals surface area contributed by atoms with Gasteiger partial charge in [-0.25, -0.2) is 8.42 Å². The molecule has 1 aliphatic rings. The van der Waals surface area contributed by atoms with Gasteiger partial charge < -0.3 is 10.1 Å². The molecule has 2 rings (SSSR count). The van der Waals surface area contributed by atoms with Crippen LogP contribution in [0.2, 0.25) is 0 Å². The SMILES string of the molecule is CO[C@@H]1CS(=O)(=O)C[C@H]1NC(=O)CCC(=O)c1ccccc1. The Morgan fingerprint density at radius 2 is 1.86 bits per heavy atom. The monoisotopic (exact) mass is 325 g/mol. The van der Waals surface area contributed by atoms with E-state index in [-0.39, 0.29) is 36.0 Å². The quantitative estimate of drug-likeness (QED) is 0.773. The highest BCUT2D eigenvalue weighted by Crippen LogP contribution is 2.15. The van der Waals surface area contributed by atoms with Gasteiger partial charge in [0.25, 0.3) is 0 Å². The highest BCUT2D eigenvalue weighted by Gasteiger charge is 2.38. The number of carbonyl (C=O) groups is 2. The fourth-order valence-electron chi connectivity index (χ4n) is 2.46. The van der Waals surface area contributed by atoms with Crippen LogP contribution in [-0.4, -0.2) is 50.9 Å². The molecule has 7 heteroatoms. The third-order valence-corrected chi connectivity index (χ3v) is 5.33. The van der Waals surface area contributed by atoms with Crippen LogP contribution in [0.5, 0.6) is 0 Å². The number of ether oxygens (including phenoxy) is 1. The van der Waals surface area contributed by atoms with Crippen molar-refractivity contribution in [2.24, 2.45) is 0 Å². The number of nitrogens with one attached hydrogen (secondary N) is 1. The summed E-state index contributed by atoms with van der Waals surface area (Å²) in [6.45, 7) is 0. The molecule has 1 aliphatic heterocycles. The van der Waals surface area contributed by atoms with Crippen LogP contribution in [0.3, 0.4) is 0 Å². The van der Waals surface area contributed by atoms with Crippen molar-refractivity contribution in [2.45, 2.75) is 25.0 Å². The molecular formula is C15H19NO5S. The average Bonchev–Trinajstić information content (AvgIpc) is 2.79. The van der Waals surface area contributed by atoms with Crippen LogP contribution in [0.1, 0.15) is 23.2 Å². The van der Waals surface area contributed by atoms with E-state index in [9.17, 15) is 18.0 Å². The number of carbonyl (C=O) groups excluding carboxylic acids is 2. The smallest absolute Gasteiger partial charge is 0.220 e. The number of amides is 1. The lowest BCUT2D eigenvalue weighted by atomic mass is 10.1. The first-order valence-corrected chi connectivity index (χ1v) is 8.84. The number of methoxy groups -OCH3 is 1. The lowest BCUT2D eigenvalue weighted by Crippen LogP contribution is -2.43. The van der Waals surface area contributed by atoms with Crippen molar-refractivity contribution in [3.8, 4) is 0 Å². The Morgan fingerprint density at radius 1 is 1.18 bits per heavy atom. The predicted octanol–water partition coefficient (Wildman–Crippen LogP) is 0.578.